The van der Waals surface area contributed by atoms with Crippen molar-refractivity contribution in [2.75, 3.05) is 17.2 Å². The van der Waals surface area contributed by atoms with Gasteiger partial charge >= 0.3 is 0 Å². The summed E-state index contributed by atoms with van der Waals surface area (Å²) in [5.74, 6) is -0.705. The molecule has 0 aliphatic heterocycles. The average Bonchev–Trinajstić information content (AvgIpc) is 2.35. The van der Waals surface area contributed by atoms with Crippen molar-refractivity contribution in [3.8, 4) is 0 Å². The Kier molecular flexibility index (Phi) is 4.82. The largest absolute Gasteiger partial charge is 0.376 e. The first-order valence-corrected chi connectivity index (χ1v) is 6.54. The summed E-state index contributed by atoms with van der Waals surface area (Å²) in [5.41, 5.74) is 1.04. The van der Waals surface area contributed by atoms with E-state index >= 15 is 0 Å². The van der Waals surface area contributed by atoms with E-state index in [1.165, 1.54) is 18.2 Å². The number of rotatable bonds is 4. The third-order valence-corrected chi connectivity index (χ3v) is 2.86. The van der Waals surface area contributed by atoms with Gasteiger partial charge < -0.3 is 10.6 Å². The minimum absolute atomic E-state index is 0.0210. The van der Waals surface area contributed by atoms with Gasteiger partial charge in [-0.1, -0.05) is 29.3 Å². The van der Waals surface area contributed by atoms with Crippen LogP contribution in [0.4, 0.5) is 15.8 Å². The molecule has 0 radical (unpaired) electrons. The lowest BCUT2D eigenvalue weighted by molar-refractivity contribution is -0.114. The second-order valence-electron chi connectivity index (χ2n) is 4.07. The van der Waals surface area contributed by atoms with Crippen LogP contribution in [0.2, 0.25) is 10.0 Å². The Hall–Kier alpha value is -1.78. The lowest BCUT2D eigenvalue weighted by atomic mass is 10.3. The van der Waals surface area contributed by atoms with E-state index in [0.717, 1.165) is 0 Å². The van der Waals surface area contributed by atoms with Gasteiger partial charge in [0.05, 0.1) is 6.54 Å². The molecule has 0 unspecified atom stereocenters. The molecule has 2 rings (SSSR count). The first kappa shape index (κ1) is 14.6. The summed E-state index contributed by atoms with van der Waals surface area (Å²) in [6.45, 7) is 0.0210. The molecule has 1 amide bonds. The highest BCUT2D eigenvalue weighted by molar-refractivity contribution is 6.35. The van der Waals surface area contributed by atoms with Crippen LogP contribution in [0.3, 0.4) is 0 Å². The van der Waals surface area contributed by atoms with Crippen LogP contribution in [-0.4, -0.2) is 12.5 Å². The van der Waals surface area contributed by atoms with E-state index in [9.17, 15) is 9.18 Å². The Morgan fingerprint density at radius 3 is 2.40 bits per heavy atom. The molecule has 0 saturated carbocycles. The van der Waals surface area contributed by atoms with Crippen LogP contribution >= 0.6 is 23.2 Å². The fourth-order valence-electron chi connectivity index (χ4n) is 1.61. The SMILES string of the molecule is O=C(CNc1cc(Cl)cc(Cl)c1)Nc1cccc(F)c1. The summed E-state index contributed by atoms with van der Waals surface area (Å²) in [7, 11) is 0. The van der Waals surface area contributed by atoms with E-state index in [1.54, 1.807) is 24.3 Å². The van der Waals surface area contributed by atoms with E-state index in [0.29, 0.717) is 21.4 Å². The number of amides is 1. The molecule has 104 valence electrons. The number of benzene rings is 2. The Bertz CT molecular complexity index is 614. The van der Waals surface area contributed by atoms with E-state index in [2.05, 4.69) is 10.6 Å². The molecule has 0 heterocycles. The number of carbonyl (C=O) groups is 1. The van der Waals surface area contributed by atoms with Crippen LogP contribution < -0.4 is 10.6 Å². The molecule has 3 nitrogen and oxygen atoms in total. The van der Waals surface area contributed by atoms with Gasteiger partial charge in [-0.25, -0.2) is 4.39 Å². The maximum absolute atomic E-state index is 13.0. The van der Waals surface area contributed by atoms with Crippen LogP contribution in [0.15, 0.2) is 42.5 Å². The van der Waals surface area contributed by atoms with Gasteiger partial charge in [0, 0.05) is 21.4 Å². The van der Waals surface area contributed by atoms with E-state index in [1.807, 2.05) is 0 Å². The maximum Gasteiger partial charge on any atom is 0.243 e. The van der Waals surface area contributed by atoms with Crippen LogP contribution in [0, 0.1) is 5.82 Å². The summed E-state index contributed by atoms with van der Waals surface area (Å²) in [6, 6.07) is 10.6. The molecule has 2 aromatic rings. The molecule has 0 spiro atoms. The third-order valence-electron chi connectivity index (χ3n) is 2.42. The minimum atomic E-state index is -0.405. The van der Waals surface area contributed by atoms with Crippen molar-refractivity contribution in [3.05, 3.63) is 58.3 Å². The van der Waals surface area contributed by atoms with Gasteiger partial charge in [0.1, 0.15) is 5.82 Å². The summed E-state index contributed by atoms with van der Waals surface area (Å²) >= 11 is 11.7. The maximum atomic E-state index is 13.0. The quantitative estimate of drug-likeness (QED) is 0.889. The Morgan fingerprint density at radius 2 is 1.75 bits per heavy atom. The molecule has 0 aliphatic carbocycles. The zero-order valence-electron chi connectivity index (χ0n) is 10.3. The molecular formula is C14H11Cl2FN2O. The number of hydrogen-bond donors (Lipinski definition) is 2. The standard InChI is InChI=1S/C14H11Cl2FN2O/c15-9-4-10(16)6-13(5-9)18-8-14(20)19-12-3-1-2-11(17)7-12/h1-7,18H,8H2,(H,19,20). The minimum Gasteiger partial charge on any atom is -0.376 e. The molecule has 0 aliphatic rings. The van der Waals surface area contributed by atoms with Gasteiger partial charge in [-0.05, 0) is 36.4 Å². The first-order chi connectivity index (χ1) is 9.52. The molecule has 0 saturated heterocycles. The number of anilines is 2. The zero-order valence-corrected chi connectivity index (χ0v) is 11.8. The molecule has 6 heteroatoms. The van der Waals surface area contributed by atoms with Gasteiger partial charge in [0.15, 0.2) is 0 Å². The smallest absolute Gasteiger partial charge is 0.243 e. The highest BCUT2D eigenvalue weighted by atomic mass is 35.5. The van der Waals surface area contributed by atoms with Crippen LogP contribution in [0.1, 0.15) is 0 Å². The lowest BCUT2D eigenvalue weighted by Crippen LogP contribution is -2.21. The Morgan fingerprint density at radius 1 is 1.05 bits per heavy atom. The average molecular weight is 313 g/mol. The van der Waals surface area contributed by atoms with Crippen molar-refractivity contribution in [1.29, 1.82) is 0 Å². The predicted octanol–water partition coefficient (Wildman–Crippen LogP) is 4.18. The van der Waals surface area contributed by atoms with Gasteiger partial charge in [-0.15, -0.1) is 0 Å². The summed E-state index contributed by atoms with van der Waals surface area (Å²) in [4.78, 5) is 11.7. The molecule has 0 atom stereocenters. The third kappa shape index (κ3) is 4.40. The van der Waals surface area contributed by atoms with Crippen molar-refractivity contribution >= 4 is 40.5 Å². The molecule has 20 heavy (non-hydrogen) atoms. The Balaban J connectivity index is 1.92. The highest BCUT2D eigenvalue weighted by Crippen LogP contribution is 2.22. The van der Waals surface area contributed by atoms with Gasteiger partial charge in [0.2, 0.25) is 5.91 Å². The second kappa shape index (κ2) is 6.59. The van der Waals surface area contributed by atoms with Crippen molar-refractivity contribution in [2.45, 2.75) is 0 Å². The normalized spacial score (nSPS) is 10.2. The predicted molar refractivity (Wildman–Crippen MR) is 80.0 cm³/mol. The van der Waals surface area contributed by atoms with Crippen molar-refractivity contribution in [3.63, 3.8) is 0 Å². The topological polar surface area (TPSA) is 41.1 Å². The summed E-state index contributed by atoms with van der Waals surface area (Å²) in [6.07, 6.45) is 0. The van der Waals surface area contributed by atoms with Crippen molar-refractivity contribution in [2.24, 2.45) is 0 Å². The van der Waals surface area contributed by atoms with E-state index < -0.39 is 5.82 Å². The van der Waals surface area contributed by atoms with Gasteiger partial charge in [-0.3, -0.25) is 4.79 Å². The summed E-state index contributed by atoms with van der Waals surface area (Å²) in [5, 5.41) is 6.42. The molecule has 2 aromatic carbocycles. The van der Waals surface area contributed by atoms with E-state index in [-0.39, 0.29) is 12.5 Å². The second-order valence-corrected chi connectivity index (χ2v) is 4.94. The molecule has 0 aromatic heterocycles. The monoisotopic (exact) mass is 312 g/mol. The zero-order chi connectivity index (χ0) is 14.5. The first-order valence-electron chi connectivity index (χ1n) is 5.78. The number of nitrogens with one attached hydrogen (secondary N) is 2. The molecular weight excluding hydrogens is 302 g/mol. The highest BCUT2D eigenvalue weighted by Gasteiger charge is 2.04. The molecule has 2 N–H and O–H groups in total. The fraction of sp³-hybridized carbons (Fsp3) is 0.0714. The summed E-state index contributed by atoms with van der Waals surface area (Å²) < 4.78 is 13.0. The lowest BCUT2D eigenvalue weighted by Gasteiger charge is -2.08. The fourth-order valence-corrected chi connectivity index (χ4v) is 2.14. The van der Waals surface area contributed by atoms with E-state index in [4.69, 9.17) is 23.2 Å². The molecule has 0 fully saturated rings. The number of hydrogen-bond acceptors (Lipinski definition) is 2. The van der Waals surface area contributed by atoms with Gasteiger partial charge in [0.25, 0.3) is 0 Å². The van der Waals surface area contributed by atoms with Crippen molar-refractivity contribution in [1.82, 2.24) is 0 Å². The Labute approximate surface area is 125 Å². The number of carbonyl (C=O) groups excluding carboxylic acids is 1. The number of halogens is 3. The molecule has 0 bridgehead atoms. The van der Waals surface area contributed by atoms with Crippen LogP contribution in [0.25, 0.3) is 0 Å². The van der Waals surface area contributed by atoms with Crippen molar-refractivity contribution < 1.29 is 9.18 Å². The van der Waals surface area contributed by atoms with Crippen LogP contribution in [0.5, 0.6) is 0 Å². The van der Waals surface area contributed by atoms with Gasteiger partial charge in [-0.2, -0.15) is 0 Å². The van der Waals surface area contributed by atoms with Crippen LogP contribution in [-0.2, 0) is 4.79 Å².